The number of aryl methyl sites for hydroxylation is 1. The summed E-state index contributed by atoms with van der Waals surface area (Å²) >= 11 is 1.25. The van der Waals surface area contributed by atoms with Gasteiger partial charge in [-0.05, 0) is 50.2 Å². The molecule has 1 aromatic carbocycles. The molecule has 0 spiro atoms. The molecule has 0 unspecified atom stereocenters. The highest BCUT2D eigenvalue weighted by Crippen LogP contribution is 2.25. The molecular weight excluding hydrogens is 414 g/mol. The molecule has 1 fully saturated rings. The molecule has 0 saturated carbocycles. The van der Waals surface area contributed by atoms with Crippen molar-refractivity contribution >= 4 is 39.0 Å². The first kappa shape index (κ1) is 21.3. The van der Waals surface area contributed by atoms with E-state index < -0.39 is 16.1 Å². The first-order valence-corrected chi connectivity index (χ1v) is 11.5. The van der Waals surface area contributed by atoms with Crippen molar-refractivity contribution in [1.82, 2.24) is 9.21 Å². The fourth-order valence-corrected chi connectivity index (χ4v) is 5.83. The van der Waals surface area contributed by atoms with Crippen LogP contribution in [0.2, 0.25) is 0 Å². The number of benzene rings is 1. The van der Waals surface area contributed by atoms with Gasteiger partial charge in [-0.25, -0.2) is 13.2 Å². The normalized spacial score (nSPS) is 15.2. The van der Waals surface area contributed by atoms with Crippen molar-refractivity contribution in [2.45, 2.75) is 18.1 Å². The summed E-state index contributed by atoms with van der Waals surface area (Å²) in [6, 6.07) is 9.92. The average Bonchev–Trinajstić information content (AvgIpc) is 3.15. The van der Waals surface area contributed by atoms with Gasteiger partial charge in [-0.1, -0.05) is 0 Å². The molecule has 2 heterocycles. The van der Waals surface area contributed by atoms with Crippen LogP contribution in [-0.4, -0.2) is 62.4 Å². The molecule has 10 heteroatoms. The van der Waals surface area contributed by atoms with Crippen molar-refractivity contribution < 1.29 is 22.7 Å². The van der Waals surface area contributed by atoms with Gasteiger partial charge in [0.15, 0.2) is 0 Å². The number of hydrogen-bond acceptors (Lipinski definition) is 6. The summed E-state index contributed by atoms with van der Waals surface area (Å²) in [6.07, 6.45) is -0.551. The van der Waals surface area contributed by atoms with Gasteiger partial charge in [0.25, 0.3) is 15.9 Å². The molecule has 2 amide bonds. The van der Waals surface area contributed by atoms with Gasteiger partial charge in [-0.2, -0.15) is 4.31 Å². The molecule has 0 atom stereocenters. The first-order chi connectivity index (χ1) is 13.8. The number of carbonyl (C=O) groups is 2. The Labute approximate surface area is 174 Å². The lowest BCUT2D eigenvalue weighted by atomic mass is 10.1. The van der Waals surface area contributed by atoms with E-state index in [1.165, 1.54) is 15.6 Å². The Bertz CT molecular complexity index is 978. The zero-order valence-electron chi connectivity index (χ0n) is 16.3. The summed E-state index contributed by atoms with van der Waals surface area (Å²) in [7, 11) is -3.52. The second-order valence-corrected chi connectivity index (χ2v) is 9.94. The van der Waals surface area contributed by atoms with E-state index in [4.69, 9.17) is 4.74 Å². The van der Waals surface area contributed by atoms with Gasteiger partial charge in [0.2, 0.25) is 0 Å². The van der Waals surface area contributed by atoms with Gasteiger partial charge in [0.05, 0.1) is 6.61 Å². The molecule has 1 saturated heterocycles. The molecule has 29 heavy (non-hydrogen) atoms. The van der Waals surface area contributed by atoms with Gasteiger partial charge < -0.3 is 9.64 Å². The number of amides is 2. The summed E-state index contributed by atoms with van der Waals surface area (Å²) < 4.78 is 32.0. The smallest absolute Gasteiger partial charge is 0.411 e. The largest absolute Gasteiger partial charge is 0.450 e. The fourth-order valence-electron chi connectivity index (χ4n) is 2.97. The summed E-state index contributed by atoms with van der Waals surface area (Å²) in [5.74, 6) is -0.170. The second-order valence-electron chi connectivity index (χ2n) is 6.48. The highest BCUT2D eigenvalue weighted by atomic mass is 32.2. The minimum Gasteiger partial charge on any atom is -0.450 e. The van der Waals surface area contributed by atoms with Crippen molar-refractivity contribution in [2.75, 3.05) is 38.1 Å². The van der Waals surface area contributed by atoms with Crippen molar-refractivity contribution in [3.8, 4) is 0 Å². The maximum Gasteiger partial charge on any atom is 0.411 e. The van der Waals surface area contributed by atoms with Gasteiger partial charge in [-0.15, -0.1) is 11.3 Å². The predicted octanol–water partition coefficient (Wildman–Crippen LogP) is 2.77. The Hall–Kier alpha value is -2.43. The van der Waals surface area contributed by atoms with Crippen molar-refractivity contribution in [3.05, 3.63) is 46.8 Å². The highest BCUT2D eigenvalue weighted by Gasteiger charge is 2.31. The number of hydrogen-bond donors (Lipinski definition) is 1. The number of sulfonamides is 1. The van der Waals surface area contributed by atoms with E-state index in [1.54, 1.807) is 48.2 Å². The molecular formula is C19H23N3O5S2. The van der Waals surface area contributed by atoms with Crippen LogP contribution in [0, 0.1) is 6.92 Å². The first-order valence-electron chi connectivity index (χ1n) is 9.21. The zero-order chi connectivity index (χ0) is 21.0. The Morgan fingerprint density at radius 3 is 2.28 bits per heavy atom. The van der Waals surface area contributed by atoms with Crippen LogP contribution in [0.3, 0.4) is 0 Å². The number of ether oxygens (including phenoxy) is 1. The highest BCUT2D eigenvalue weighted by molar-refractivity contribution is 7.91. The number of nitrogens with one attached hydrogen (secondary N) is 1. The Morgan fingerprint density at radius 2 is 1.72 bits per heavy atom. The molecule has 156 valence electrons. The molecule has 1 aliphatic heterocycles. The Kier molecular flexibility index (Phi) is 6.56. The third-order valence-electron chi connectivity index (χ3n) is 4.49. The predicted molar refractivity (Wildman–Crippen MR) is 111 cm³/mol. The summed E-state index contributed by atoms with van der Waals surface area (Å²) in [5.41, 5.74) is 1.01. The zero-order valence-corrected chi connectivity index (χ0v) is 17.9. The van der Waals surface area contributed by atoms with E-state index in [-0.39, 0.29) is 25.6 Å². The minimum atomic E-state index is -3.52. The molecule has 1 aliphatic rings. The van der Waals surface area contributed by atoms with E-state index in [1.807, 2.05) is 6.92 Å². The minimum absolute atomic E-state index is 0.170. The topological polar surface area (TPSA) is 96.0 Å². The van der Waals surface area contributed by atoms with Crippen molar-refractivity contribution in [1.29, 1.82) is 0 Å². The van der Waals surface area contributed by atoms with E-state index >= 15 is 0 Å². The number of piperazine rings is 1. The molecule has 0 radical (unpaired) electrons. The third kappa shape index (κ3) is 4.95. The number of thiophene rings is 1. The molecule has 1 aromatic heterocycles. The average molecular weight is 438 g/mol. The fraction of sp³-hybridized carbons (Fsp3) is 0.368. The molecule has 8 nitrogen and oxygen atoms in total. The van der Waals surface area contributed by atoms with E-state index in [9.17, 15) is 18.0 Å². The number of rotatable bonds is 5. The number of carbonyl (C=O) groups excluding carboxylic acids is 2. The molecule has 0 aliphatic carbocycles. The lowest BCUT2D eigenvalue weighted by Crippen LogP contribution is -2.50. The van der Waals surface area contributed by atoms with Crippen LogP contribution in [0.25, 0.3) is 0 Å². The van der Waals surface area contributed by atoms with Crippen LogP contribution in [-0.2, 0) is 14.8 Å². The van der Waals surface area contributed by atoms with E-state index in [0.29, 0.717) is 28.5 Å². The molecule has 3 rings (SSSR count). The van der Waals surface area contributed by atoms with Crippen LogP contribution in [0.4, 0.5) is 10.5 Å². The van der Waals surface area contributed by atoms with Gasteiger partial charge >= 0.3 is 6.09 Å². The second kappa shape index (κ2) is 8.93. The summed E-state index contributed by atoms with van der Waals surface area (Å²) in [5, 5.41) is 2.57. The quantitative estimate of drug-likeness (QED) is 0.776. The number of anilines is 1. The number of nitrogens with zero attached hydrogens (tertiary/aromatic N) is 2. The maximum atomic E-state index is 12.7. The Balaban J connectivity index is 1.59. The third-order valence-corrected chi connectivity index (χ3v) is 7.86. The van der Waals surface area contributed by atoms with Crippen LogP contribution in [0.1, 0.15) is 22.2 Å². The van der Waals surface area contributed by atoms with E-state index in [0.717, 1.165) is 4.88 Å². The van der Waals surface area contributed by atoms with Gasteiger partial charge in [0, 0.05) is 42.3 Å². The lowest BCUT2D eigenvalue weighted by Gasteiger charge is -2.33. The van der Waals surface area contributed by atoms with Crippen LogP contribution in [0.5, 0.6) is 0 Å². The van der Waals surface area contributed by atoms with E-state index in [2.05, 4.69) is 5.32 Å². The van der Waals surface area contributed by atoms with Crippen LogP contribution >= 0.6 is 11.3 Å². The summed E-state index contributed by atoms with van der Waals surface area (Å²) in [4.78, 5) is 26.7. The molecule has 1 N–H and O–H groups in total. The summed E-state index contributed by atoms with van der Waals surface area (Å²) in [6.45, 7) is 5.02. The van der Waals surface area contributed by atoms with Gasteiger partial charge in [-0.3, -0.25) is 10.1 Å². The monoisotopic (exact) mass is 437 g/mol. The SMILES string of the molecule is CCOC(=O)Nc1ccc(C(=O)N2CCN(S(=O)(=O)c3ccc(C)s3)CC2)cc1. The molecule has 0 bridgehead atoms. The maximum absolute atomic E-state index is 12.7. The Morgan fingerprint density at radius 1 is 1.07 bits per heavy atom. The molecule has 2 aromatic rings. The van der Waals surface area contributed by atoms with Crippen LogP contribution in [0.15, 0.2) is 40.6 Å². The standard InChI is InChI=1S/C19H23N3O5S2/c1-3-27-19(24)20-16-7-5-15(6-8-16)18(23)21-10-12-22(13-11-21)29(25,26)17-9-4-14(2)28-17/h4-9H,3,10-13H2,1-2H3,(H,20,24). The van der Waals surface area contributed by atoms with Gasteiger partial charge in [0.1, 0.15) is 4.21 Å². The van der Waals surface area contributed by atoms with Crippen molar-refractivity contribution in [2.24, 2.45) is 0 Å². The lowest BCUT2D eigenvalue weighted by molar-refractivity contribution is 0.0698. The van der Waals surface area contributed by atoms with Crippen molar-refractivity contribution in [3.63, 3.8) is 0 Å². The van der Waals surface area contributed by atoms with Crippen LogP contribution < -0.4 is 5.32 Å².